The average Bonchev–Trinajstić information content (AvgIpc) is 2.61. The molecule has 0 aromatic rings. The Balaban J connectivity index is 1.79. The van der Waals surface area contributed by atoms with Crippen LogP contribution in [0.25, 0.3) is 0 Å². The number of nitrogens with zero attached hydrogens (tertiary/aromatic N) is 2. The first-order valence-corrected chi connectivity index (χ1v) is 8.71. The van der Waals surface area contributed by atoms with Gasteiger partial charge in [0.15, 0.2) is 0 Å². The Hall–Kier alpha value is -0.120. The lowest BCUT2D eigenvalue weighted by Gasteiger charge is -2.50. The highest BCUT2D eigenvalue weighted by atomic mass is 15.3. The molecule has 3 rings (SSSR count). The number of hydrogen-bond acceptors (Lipinski definition) is 3. The molecule has 0 aromatic carbocycles. The summed E-state index contributed by atoms with van der Waals surface area (Å²) in [5, 5.41) is 0. The molecule has 0 amide bonds. The molecule has 1 aliphatic carbocycles. The minimum Gasteiger partial charge on any atom is -0.329 e. The molecule has 2 aliphatic heterocycles. The Labute approximate surface area is 124 Å². The third-order valence-electron chi connectivity index (χ3n) is 6.46. The third-order valence-corrected chi connectivity index (χ3v) is 6.46. The highest BCUT2D eigenvalue weighted by Gasteiger charge is 2.45. The van der Waals surface area contributed by atoms with Gasteiger partial charge in [-0.1, -0.05) is 13.8 Å². The Kier molecular flexibility index (Phi) is 4.13. The van der Waals surface area contributed by atoms with Crippen molar-refractivity contribution >= 4 is 0 Å². The molecule has 0 aromatic heterocycles. The second-order valence-electron chi connectivity index (χ2n) is 8.07. The predicted molar refractivity (Wildman–Crippen MR) is 84.7 cm³/mol. The summed E-state index contributed by atoms with van der Waals surface area (Å²) in [6.45, 7) is 8.22. The molecule has 3 heteroatoms. The van der Waals surface area contributed by atoms with Gasteiger partial charge in [0.05, 0.1) is 0 Å². The van der Waals surface area contributed by atoms with Crippen LogP contribution in [0.2, 0.25) is 0 Å². The number of hydrogen-bond donors (Lipinski definition) is 1. The van der Waals surface area contributed by atoms with Gasteiger partial charge in [-0.15, -0.1) is 0 Å². The number of likely N-dealkylation sites (tertiary alicyclic amines) is 1. The van der Waals surface area contributed by atoms with Crippen molar-refractivity contribution in [2.75, 3.05) is 26.7 Å². The molecule has 3 fully saturated rings. The lowest BCUT2D eigenvalue weighted by Crippen LogP contribution is -2.59. The molecule has 0 radical (unpaired) electrons. The van der Waals surface area contributed by atoms with Crippen LogP contribution in [0.15, 0.2) is 0 Å². The van der Waals surface area contributed by atoms with Crippen molar-refractivity contribution in [2.45, 2.75) is 70.0 Å². The molecule has 3 nitrogen and oxygen atoms in total. The van der Waals surface area contributed by atoms with Gasteiger partial charge in [0.25, 0.3) is 0 Å². The van der Waals surface area contributed by atoms with Gasteiger partial charge in [-0.3, -0.25) is 9.80 Å². The Bertz CT molecular complexity index is 333. The van der Waals surface area contributed by atoms with Crippen molar-refractivity contribution < 1.29 is 0 Å². The van der Waals surface area contributed by atoms with Gasteiger partial charge in [-0.2, -0.15) is 0 Å². The van der Waals surface area contributed by atoms with Gasteiger partial charge < -0.3 is 5.73 Å². The summed E-state index contributed by atoms with van der Waals surface area (Å²) < 4.78 is 0. The van der Waals surface area contributed by atoms with Crippen LogP contribution in [0.4, 0.5) is 0 Å². The lowest BCUT2D eigenvalue weighted by molar-refractivity contribution is 0.0138. The van der Waals surface area contributed by atoms with E-state index in [2.05, 4.69) is 30.7 Å². The zero-order valence-electron chi connectivity index (χ0n) is 13.6. The number of fused-ring (bicyclic) bond motifs is 2. The van der Waals surface area contributed by atoms with Crippen LogP contribution in [0.1, 0.15) is 52.4 Å². The van der Waals surface area contributed by atoms with E-state index in [4.69, 9.17) is 5.73 Å². The summed E-state index contributed by atoms with van der Waals surface area (Å²) in [5.74, 6) is 1.67. The second kappa shape index (κ2) is 5.58. The summed E-state index contributed by atoms with van der Waals surface area (Å²) in [6, 6.07) is 1.61. The molecule has 4 unspecified atom stereocenters. The van der Waals surface area contributed by atoms with Gasteiger partial charge in [-0.05, 0) is 57.4 Å². The van der Waals surface area contributed by atoms with Gasteiger partial charge in [0.2, 0.25) is 0 Å². The largest absolute Gasteiger partial charge is 0.329 e. The quantitative estimate of drug-likeness (QED) is 0.842. The van der Waals surface area contributed by atoms with Crippen LogP contribution in [0.3, 0.4) is 0 Å². The van der Waals surface area contributed by atoms with Crippen molar-refractivity contribution in [3.8, 4) is 0 Å². The molecule has 0 spiro atoms. The molecule has 20 heavy (non-hydrogen) atoms. The van der Waals surface area contributed by atoms with E-state index in [-0.39, 0.29) is 0 Å². The van der Waals surface area contributed by atoms with Crippen molar-refractivity contribution in [3.05, 3.63) is 0 Å². The fourth-order valence-corrected chi connectivity index (χ4v) is 5.53. The van der Waals surface area contributed by atoms with Gasteiger partial charge in [-0.25, -0.2) is 0 Å². The van der Waals surface area contributed by atoms with Crippen molar-refractivity contribution in [1.82, 2.24) is 9.80 Å². The molecule has 4 atom stereocenters. The van der Waals surface area contributed by atoms with E-state index < -0.39 is 0 Å². The zero-order chi connectivity index (χ0) is 14.3. The van der Waals surface area contributed by atoms with Crippen molar-refractivity contribution in [2.24, 2.45) is 17.6 Å². The summed E-state index contributed by atoms with van der Waals surface area (Å²) >= 11 is 0. The highest BCUT2D eigenvalue weighted by molar-refractivity contribution is 5.02. The first-order chi connectivity index (χ1) is 9.54. The van der Waals surface area contributed by atoms with Crippen LogP contribution in [-0.2, 0) is 0 Å². The molecule has 2 bridgehead atoms. The molecule has 2 saturated heterocycles. The van der Waals surface area contributed by atoms with Gasteiger partial charge in [0, 0.05) is 37.3 Å². The normalized spacial score (nSPS) is 47.4. The Morgan fingerprint density at radius 2 is 1.70 bits per heavy atom. The summed E-state index contributed by atoms with van der Waals surface area (Å²) in [7, 11) is 2.34. The van der Waals surface area contributed by atoms with E-state index in [1.165, 1.54) is 51.6 Å². The van der Waals surface area contributed by atoms with E-state index in [1.54, 1.807) is 0 Å². The average molecular weight is 279 g/mol. The topological polar surface area (TPSA) is 32.5 Å². The first kappa shape index (κ1) is 14.8. The zero-order valence-corrected chi connectivity index (χ0v) is 13.6. The summed E-state index contributed by atoms with van der Waals surface area (Å²) in [5.41, 5.74) is 6.62. The molecule has 1 saturated carbocycles. The van der Waals surface area contributed by atoms with Gasteiger partial charge in [0.1, 0.15) is 0 Å². The van der Waals surface area contributed by atoms with Crippen LogP contribution in [0, 0.1) is 11.8 Å². The van der Waals surface area contributed by atoms with E-state index in [0.29, 0.717) is 5.54 Å². The smallest absolute Gasteiger partial charge is 0.0337 e. The predicted octanol–water partition coefficient (Wildman–Crippen LogP) is 2.31. The molecule has 2 N–H and O–H groups in total. The van der Waals surface area contributed by atoms with Crippen LogP contribution < -0.4 is 5.73 Å². The van der Waals surface area contributed by atoms with Crippen LogP contribution in [-0.4, -0.2) is 54.1 Å². The highest BCUT2D eigenvalue weighted by Crippen LogP contribution is 2.41. The van der Waals surface area contributed by atoms with Crippen LogP contribution in [0.5, 0.6) is 0 Å². The molecule has 3 aliphatic rings. The maximum Gasteiger partial charge on any atom is 0.0337 e. The van der Waals surface area contributed by atoms with Crippen LogP contribution >= 0.6 is 0 Å². The summed E-state index contributed by atoms with van der Waals surface area (Å²) in [6.07, 6.45) is 8.17. The molecule has 2 heterocycles. The molecule has 116 valence electrons. The fraction of sp³-hybridized carbons (Fsp3) is 1.00. The van der Waals surface area contributed by atoms with Crippen molar-refractivity contribution in [3.63, 3.8) is 0 Å². The maximum atomic E-state index is 6.32. The minimum atomic E-state index is 0.294. The number of likely N-dealkylation sites (N-methyl/N-ethyl adjacent to an activating group) is 1. The van der Waals surface area contributed by atoms with E-state index in [0.717, 1.165) is 30.5 Å². The van der Waals surface area contributed by atoms with E-state index in [9.17, 15) is 0 Å². The minimum absolute atomic E-state index is 0.294. The third kappa shape index (κ3) is 2.53. The lowest BCUT2D eigenvalue weighted by atomic mass is 9.70. The Morgan fingerprint density at radius 3 is 2.35 bits per heavy atom. The Morgan fingerprint density at radius 1 is 1.05 bits per heavy atom. The SMILES string of the molecule is CC1CC(C)CC(CN)(N2CCC3CCC(C2)N3C)C1. The second-order valence-corrected chi connectivity index (χ2v) is 8.07. The number of rotatable bonds is 2. The van der Waals surface area contributed by atoms with E-state index in [1.807, 2.05) is 0 Å². The fourth-order valence-electron chi connectivity index (χ4n) is 5.53. The summed E-state index contributed by atoms with van der Waals surface area (Å²) in [4.78, 5) is 5.46. The molecular formula is C17H33N3. The number of nitrogens with two attached hydrogens (primary N) is 1. The first-order valence-electron chi connectivity index (χ1n) is 8.71. The maximum absolute atomic E-state index is 6.32. The monoisotopic (exact) mass is 279 g/mol. The van der Waals surface area contributed by atoms with E-state index >= 15 is 0 Å². The van der Waals surface area contributed by atoms with Crippen molar-refractivity contribution in [1.29, 1.82) is 0 Å². The molecular weight excluding hydrogens is 246 g/mol. The van der Waals surface area contributed by atoms with Gasteiger partial charge >= 0.3 is 0 Å². The standard InChI is InChI=1S/C17H33N3/c1-13-8-14(2)10-17(9-13,12-18)20-7-6-15-4-5-16(11-20)19(15)3/h13-16H,4-12,18H2,1-3H3.